The van der Waals surface area contributed by atoms with E-state index in [2.05, 4.69) is 10.1 Å². The summed E-state index contributed by atoms with van der Waals surface area (Å²) in [7, 11) is 1.33. The van der Waals surface area contributed by atoms with Crippen LogP contribution in [0.15, 0.2) is 18.2 Å². The fourth-order valence-electron chi connectivity index (χ4n) is 2.03. The molecule has 1 heterocycles. The Labute approximate surface area is 136 Å². The predicted molar refractivity (Wildman–Crippen MR) is 82.3 cm³/mol. The Morgan fingerprint density at radius 3 is 2.83 bits per heavy atom. The van der Waals surface area contributed by atoms with Crippen LogP contribution in [-0.2, 0) is 4.79 Å². The van der Waals surface area contributed by atoms with Gasteiger partial charge in [-0.05, 0) is 12.1 Å². The van der Waals surface area contributed by atoms with Crippen LogP contribution >= 0.6 is 11.8 Å². The minimum atomic E-state index is -2.99. The molecule has 0 radical (unpaired) electrons. The lowest BCUT2D eigenvalue weighted by Crippen LogP contribution is -2.27. The minimum absolute atomic E-state index is 0.0325. The van der Waals surface area contributed by atoms with Crippen molar-refractivity contribution in [2.24, 2.45) is 0 Å². The fourth-order valence-corrected chi connectivity index (χ4v) is 2.88. The molecular weight excluding hydrogens is 330 g/mol. The number of hydrogen-bond acceptors (Lipinski definition) is 5. The van der Waals surface area contributed by atoms with Crippen LogP contribution in [0.1, 0.15) is 6.42 Å². The Morgan fingerprint density at radius 2 is 2.22 bits per heavy atom. The van der Waals surface area contributed by atoms with Crippen LogP contribution in [0.4, 0.5) is 19.3 Å². The first-order chi connectivity index (χ1) is 11.0. The van der Waals surface area contributed by atoms with Crippen molar-refractivity contribution in [3.05, 3.63) is 18.2 Å². The number of carbonyl (C=O) groups is 2. The molecule has 1 fully saturated rings. The third kappa shape index (κ3) is 4.98. The van der Waals surface area contributed by atoms with Gasteiger partial charge in [0.05, 0.1) is 7.11 Å². The number of hydrogen-bond donors (Lipinski definition) is 1. The van der Waals surface area contributed by atoms with Gasteiger partial charge < -0.3 is 19.7 Å². The van der Waals surface area contributed by atoms with Gasteiger partial charge in [0, 0.05) is 37.0 Å². The van der Waals surface area contributed by atoms with Crippen LogP contribution in [0.3, 0.4) is 0 Å². The number of carbonyl (C=O) groups excluding carboxylic acids is 2. The molecule has 1 aromatic carbocycles. The molecule has 0 aliphatic carbocycles. The molecular formula is C14H16F2N2O4S. The van der Waals surface area contributed by atoms with Gasteiger partial charge in [-0.2, -0.15) is 8.78 Å². The summed E-state index contributed by atoms with van der Waals surface area (Å²) in [5.74, 6) is 0.394. The van der Waals surface area contributed by atoms with E-state index in [0.29, 0.717) is 18.8 Å². The highest BCUT2D eigenvalue weighted by molar-refractivity contribution is 8.13. The number of halogens is 2. The molecule has 6 nitrogen and oxygen atoms in total. The monoisotopic (exact) mass is 346 g/mol. The van der Waals surface area contributed by atoms with E-state index >= 15 is 0 Å². The highest BCUT2D eigenvalue weighted by atomic mass is 32.2. The third-order valence-corrected chi connectivity index (χ3v) is 4.01. The Hall–Kier alpha value is -2.03. The summed E-state index contributed by atoms with van der Waals surface area (Å²) in [6, 6.07) is 4.21. The van der Waals surface area contributed by atoms with Crippen molar-refractivity contribution in [1.82, 2.24) is 4.90 Å². The van der Waals surface area contributed by atoms with Crippen LogP contribution < -0.4 is 14.8 Å². The predicted octanol–water partition coefficient (Wildman–Crippen LogP) is 2.79. The quantitative estimate of drug-likeness (QED) is 0.822. The summed E-state index contributed by atoms with van der Waals surface area (Å²) < 4.78 is 34.0. The van der Waals surface area contributed by atoms with Crippen molar-refractivity contribution in [1.29, 1.82) is 0 Å². The maximum absolute atomic E-state index is 12.4. The van der Waals surface area contributed by atoms with E-state index in [9.17, 15) is 18.4 Å². The number of ether oxygens (including phenoxy) is 2. The van der Waals surface area contributed by atoms with E-state index in [4.69, 9.17) is 4.74 Å². The number of alkyl halides is 2. The lowest BCUT2D eigenvalue weighted by atomic mass is 10.2. The lowest BCUT2D eigenvalue weighted by Gasteiger charge is -2.15. The summed E-state index contributed by atoms with van der Waals surface area (Å²) in [6.07, 6.45) is 0.128. The first-order valence-corrected chi connectivity index (χ1v) is 7.82. The van der Waals surface area contributed by atoms with Crippen LogP contribution in [0.25, 0.3) is 0 Å². The number of nitrogens with zero attached hydrogens (tertiary/aromatic N) is 1. The number of amides is 2. The topological polar surface area (TPSA) is 67.9 Å². The molecule has 0 unspecified atom stereocenters. The van der Waals surface area contributed by atoms with Crippen molar-refractivity contribution < 1.29 is 27.8 Å². The maximum atomic E-state index is 12.4. The number of thioether (sulfide) groups is 1. The van der Waals surface area contributed by atoms with E-state index in [1.807, 2.05) is 0 Å². The van der Waals surface area contributed by atoms with Crippen LogP contribution in [0.2, 0.25) is 0 Å². The summed E-state index contributed by atoms with van der Waals surface area (Å²) >= 11 is 1.23. The second-order valence-electron chi connectivity index (χ2n) is 4.64. The highest BCUT2D eigenvalue weighted by Crippen LogP contribution is 2.31. The Balaban J connectivity index is 1.93. The minimum Gasteiger partial charge on any atom is -0.493 e. The number of anilines is 1. The molecule has 126 valence electrons. The Kier molecular flexibility index (Phi) is 6.03. The van der Waals surface area contributed by atoms with Crippen LogP contribution in [0.5, 0.6) is 11.5 Å². The highest BCUT2D eigenvalue weighted by Gasteiger charge is 2.21. The molecule has 1 aromatic rings. The van der Waals surface area contributed by atoms with E-state index in [0.717, 1.165) is 5.75 Å². The van der Waals surface area contributed by atoms with Crippen molar-refractivity contribution in [2.45, 2.75) is 13.0 Å². The fraction of sp³-hybridized carbons (Fsp3) is 0.429. The average Bonchev–Trinajstić information content (AvgIpc) is 2.90. The van der Waals surface area contributed by atoms with Gasteiger partial charge in [0.2, 0.25) is 5.91 Å². The summed E-state index contributed by atoms with van der Waals surface area (Å²) in [5, 5.41) is 2.55. The normalized spacial score (nSPS) is 14.3. The second-order valence-corrected chi connectivity index (χ2v) is 5.69. The van der Waals surface area contributed by atoms with E-state index in [-0.39, 0.29) is 29.1 Å². The lowest BCUT2D eigenvalue weighted by molar-refractivity contribution is -0.116. The molecule has 1 saturated heterocycles. The Morgan fingerprint density at radius 1 is 1.43 bits per heavy atom. The van der Waals surface area contributed by atoms with Gasteiger partial charge >= 0.3 is 6.61 Å². The van der Waals surface area contributed by atoms with Gasteiger partial charge in [0.15, 0.2) is 11.5 Å². The van der Waals surface area contributed by atoms with Gasteiger partial charge in [0.25, 0.3) is 5.24 Å². The van der Waals surface area contributed by atoms with Crippen LogP contribution in [0, 0.1) is 0 Å². The molecule has 2 amide bonds. The average molecular weight is 346 g/mol. The smallest absolute Gasteiger partial charge is 0.387 e. The largest absolute Gasteiger partial charge is 0.493 e. The van der Waals surface area contributed by atoms with Gasteiger partial charge in [-0.3, -0.25) is 9.59 Å². The summed E-state index contributed by atoms with van der Waals surface area (Å²) in [4.78, 5) is 24.9. The molecule has 9 heteroatoms. The molecule has 23 heavy (non-hydrogen) atoms. The van der Waals surface area contributed by atoms with Gasteiger partial charge in [-0.1, -0.05) is 11.8 Å². The number of nitrogens with one attached hydrogen (secondary N) is 1. The molecule has 1 aliphatic rings. The summed E-state index contributed by atoms with van der Waals surface area (Å²) in [6.45, 7) is -2.03. The molecule has 0 aromatic heterocycles. The molecule has 1 N–H and O–H groups in total. The van der Waals surface area contributed by atoms with Gasteiger partial charge in [-0.25, -0.2) is 0 Å². The number of rotatable bonds is 7. The molecule has 0 saturated carbocycles. The molecule has 0 atom stereocenters. The van der Waals surface area contributed by atoms with Gasteiger partial charge in [0.1, 0.15) is 0 Å². The van der Waals surface area contributed by atoms with Crippen molar-refractivity contribution in [3.63, 3.8) is 0 Å². The third-order valence-electron chi connectivity index (χ3n) is 3.12. The van der Waals surface area contributed by atoms with Crippen molar-refractivity contribution >= 4 is 28.6 Å². The standard InChI is InChI=1S/C14H16F2N2O4S/c1-21-10-3-2-9(8-11(10)22-13(15)16)17-12(19)4-5-18-6-7-23-14(18)20/h2-3,8,13H,4-7H2,1H3,(H,17,19). The molecule has 2 rings (SSSR count). The molecule has 0 spiro atoms. The van der Waals surface area contributed by atoms with E-state index in [1.165, 1.54) is 37.1 Å². The zero-order chi connectivity index (χ0) is 16.8. The number of benzene rings is 1. The number of methoxy groups -OCH3 is 1. The second kappa shape index (κ2) is 8.00. The van der Waals surface area contributed by atoms with Crippen molar-refractivity contribution in [3.8, 4) is 11.5 Å². The zero-order valence-corrected chi connectivity index (χ0v) is 13.2. The Bertz CT molecular complexity index is 586. The summed E-state index contributed by atoms with van der Waals surface area (Å²) in [5.41, 5.74) is 0.313. The molecule has 0 bridgehead atoms. The molecule has 1 aliphatic heterocycles. The maximum Gasteiger partial charge on any atom is 0.387 e. The van der Waals surface area contributed by atoms with E-state index in [1.54, 1.807) is 4.90 Å². The van der Waals surface area contributed by atoms with Crippen molar-refractivity contribution in [2.75, 3.05) is 31.3 Å². The SMILES string of the molecule is COc1ccc(NC(=O)CCN2CCSC2=O)cc1OC(F)F. The van der Waals surface area contributed by atoms with Gasteiger partial charge in [-0.15, -0.1) is 0 Å². The first kappa shape index (κ1) is 17.3. The zero-order valence-electron chi connectivity index (χ0n) is 12.4. The first-order valence-electron chi connectivity index (χ1n) is 6.84. The van der Waals surface area contributed by atoms with E-state index < -0.39 is 6.61 Å². The van der Waals surface area contributed by atoms with Crippen LogP contribution in [-0.4, -0.2) is 48.6 Å².